The molecule has 0 aromatic carbocycles. The molecular formula is C19H21FN6OS. The predicted molar refractivity (Wildman–Crippen MR) is 108 cm³/mol. The van der Waals surface area contributed by atoms with Crippen molar-refractivity contribution in [3.8, 4) is 0 Å². The third-order valence-electron chi connectivity index (χ3n) is 4.76. The molecule has 9 heteroatoms. The quantitative estimate of drug-likeness (QED) is 0.582. The maximum Gasteiger partial charge on any atom is 0.254 e. The molecule has 0 spiro atoms. The molecule has 0 radical (unpaired) electrons. The standard InChI is InChI=1S/C19H21FN6OS/c1-12(18(22)27)28-15(10-21)14-5-6-16(26-25-14)24-11-19(7-3-8-19)17-13(20)4-2-9-23-17/h2,4-6,9-10H,1,3,7-8,11,21H2,(H2,22,27)(H,24,26)/b15-10-. The molecule has 0 aliphatic heterocycles. The monoisotopic (exact) mass is 400 g/mol. The molecule has 28 heavy (non-hydrogen) atoms. The van der Waals surface area contributed by atoms with E-state index in [-0.39, 0.29) is 16.1 Å². The fourth-order valence-corrected chi connectivity index (χ4v) is 3.70. The van der Waals surface area contributed by atoms with Crippen molar-refractivity contribution in [2.75, 3.05) is 11.9 Å². The van der Waals surface area contributed by atoms with Gasteiger partial charge in [-0.1, -0.05) is 24.8 Å². The number of nitrogens with two attached hydrogens (primary N) is 2. The number of primary amides is 1. The van der Waals surface area contributed by atoms with Gasteiger partial charge in [-0.25, -0.2) is 4.39 Å². The van der Waals surface area contributed by atoms with Gasteiger partial charge in [-0.05, 0) is 37.1 Å². The number of nitrogens with one attached hydrogen (secondary N) is 1. The van der Waals surface area contributed by atoms with E-state index in [1.54, 1.807) is 24.4 Å². The molecule has 1 aliphatic rings. The van der Waals surface area contributed by atoms with Crippen LogP contribution in [0, 0.1) is 5.82 Å². The predicted octanol–water partition coefficient (Wildman–Crippen LogP) is 2.53. The summed E-state index contributed by atoms with van der Waals surface area (Å²) in [6, 6.07) is 6.51. The van der Waals surface area contributed by atoms with Crippen LogP contribution in [0.5, 0.6) is 0 Å². The van der Waals surface area contributed by atoms with E-state index >= 15 is 0 Å². The largest absolute Gasteiger partial charge is 0.404 e. The van der Waals surface area contributed by atoms with Gasteiger partial charge in [-0.2, -0.15) is 0 Å². The van der Waals surface area contributed by atoms with E-state index in [2.05, 4.69) is 27.1 Å². The molecule has 2 heterocycles. The summed E-state index contributed by atoms with van der Waals surface area (Å²) >= 11 is 1.04. The molecule has 0 bridgehead atoms. The van der Waals surface area contributed by atoms with Crippen molar-refractivity contribution in [3.63, 3.8) is 0 Å². The van der Waals surface area contributed by atoms with Gasteiger partial charge in [0.15, 0.2) is 0 Å². The number of thioether (sulfide) groups is 1. The van der Waals surface area contributed by atoms with Crippen LogP contribution in [0.1, 0.15) is 30.7 Å². The van der Waals surface area contributed by atoms with E-state index < -0.39 is 5.91 Å². The van der Waals surface area contributed by atoms with Crippen LogP contribution in [-0.2, 0) is 10.2 Å². The van der Waals surface area contributed by atoms with E-state index in [4.69, 9.17) is 11.5 Å². The van der Waals surface area contributed by atoms with Crippen molar-refractivity contribution in [2.24, 2.45) is 11.5 Å². The number of halogens is 1. The number of pyridine rings is 1. The van der Waals surface area contributed by atoms with Crippen molar-refractivity contribution in [1.82, 2.24) is 15.2 Å². The summed E-state index contributed by atoms with van der Waals surface area (Å²) in [5.41, 5.74) is 11.5. The molecule has 2 aromatic rings. The number of carbonyl (C=O) groups excluding carboxylic acids is 1. The van der Waals surface area contributed by atoms with Crippen molar-refractivity contribution < 1.29 is 9.18 Å². The minimum Gasteiger partial charge on any atom is -0.404 e. The van der Waals surface area contributed by atoms with E-state index in [1.807, 2.05) is 0 Å². The van der Waals surface area contributed by atoms with Gasteiger partial charge in [-0.15, -0.1) is 10.2 Å². The van der Waals surface area contributed by atoms with Crippen LogP contribution < -0.4 is 16.8 Å². The molecule has 0 saturated heterocycles. The zero-order valence-electron chi connectivity index (χ0n) is 15.2. The van der Waals surface area contributed by atoms with Gasteiger partial charge in [0.2, 0.25) is 0 Å². The van der Waals surface area contributed by atoms with Gasteiger partial charge < -0.3 is 16.8 Å². The molecular weight excluding hydrogens is 379 g/mol. The Labute approximate surface area is 166 Å². The van der Waals surface area contributed by atoms with Crippen LogP contribution in [0.2, 0.25) is 0 Å². The molecule has 5 N–H and O–H groups in total. The molecule has 7 nitrogen and oxygen atoms in total. The van der Waals surface area contributed by atoms with Crippen molar-refractivity contribution >= 4 is 28.4 Å². The van der Waals surface area contributed by atoms with Crippen LogP contribution in [0.4, 0.5) is 10.2 Å². The summed E-state index contributed by atoms with van der Waals surface area (Å²) in [4.78, 5) is 16.1. The number of rotatable bonds is 8. The fourth-order valence-electron chi connectivity index (χ4n) is 3.05. The van der Waals surface area contributed by atoms with Crippen LogP contribution in [0.3, 0.4) is 0 Å². The Hall–Kier alpha value is -2.94. The third-order valence-corrected chi connectivity index (χ3v) is 5.77. The second-order valence-corrected chi connectivity index (χ2v) is 7.68. The molecule has 0 atom stereocenters. The molecule has 146 valence electrons. The molecule has 2 aromatic heterocycles. The summed E-state index contributed by atoms with van der Waals surface area (Å²) in [7, 11) is 0. The summed E-state index contributed by atoms with van der Waals surface area (Å²) in [6.07, 6.45) is 5.71. The van der Waals surface area contributed by atoms with Gasteiger partial charge in [-0.3, -0.25) is 9.78 Å². The van der Waals surface area contributed by atoms with Crippen molar-refractivity contribution in [2.45, 2.75) is 24.7 Å². The number of hydrogen-bond donors (Lipinski definition) is 3. The van der Waals surface area contributed by atoms with Crippen molar-refractivity contribution in [1.29, 1.82) is 0 Å². The molecule has 1 saturated carbocycles. The Balaban J connectivity index is 1.68. The number of amides is 1. The first-order chi connectivity index (χ1) is 13.4. The first kappa shape index (κ1) is 19.8. The van der Waals surface area contributed by atoms with Gasteiger partial charge >= 0.3 is 0 Å². The number of anilines is 1. The molecule has 3 rings (SSSR count). The Morgan fingerprint density at radius 3 is 2.68 bits per heavy atom. The summed E-state index contributed by atoms with van der Waals surface area (Å²) in [5, 5.41) is 11.5. The first-order valence-electron chi connectivity index (χ1n) is 8.72. The minimum absolute atomic E-state index is 0.157. The van der Waals surface area contributed by atoms with Gasteiger partial charge in [0.25, 0.3) is 5.91 Å². The maximum absolute atomic E-state index is 14.2. The molecule has 1 aliphatic carbocycles. The van der Waals surface area contributed by atoms with Gasteiger partial charge in [0.1, 0.15) is 17.3 Å². The topological polar surface area (TPSA) is 120 Å². The summed E-state index contributed by atoms with van der Waals surface area (Å²) < 4.78 is 14.2. The van der Waals surface area contributed by atoms with Crippen LogP contribution in [0.15, 0.2) is 48.1 Å². The Morgan fingerprint density at radius 1 is 1.36 bits per heavy atom. The highest BCUT2D eigenvalue weighted by atomic mass is 32.2. The lowest BCUT2D eigenvalue weighted by Gasteiger charge is -2.41. The average molecular weight is 400 g/mol. The highest BCUT2D eigenvalue weighted by Crippen LogP contribution is 2.43. The Morgan fingerprint density at radius 2 is 2.14 bits per heavy atom. The minimum atomic E-state index is -0.622. The Bertz CT molecular complexity index is 911. The number of carbonyl (C=O) groups is 1. The zero-order valence-corrected chi connectivity index (χ0v) is 16.0. The maximum atomic E-state index is 14.2. The highest BCUT2D eigenvalue weighted by molar-refractivity contribution is 8.12. The van der Waals surface area contributed by atoms with Gasteiger partial charge in [0.05, 0.1) is 15.5 Å². The lowest BCUT2D eigenvalue weighted by molar-refractivity contribution is -0.113. The third kappa shape index (κ3) is 4.14. The summed E-state index contributed by atoms with van der Waals surface area (Å²) in [6.45, 7) is 4.10. The van der Waals surface area contributed by atoms with Crippen LogP contribution in [0.25, 0.3) is 4.91 Å². The average Bonchev–Trinajstić information content (AvgIpc) is 2.66. The SMILES string of the molecule is C=C(S/C(=C\N)c1ccc(NCC2(c3ncccc3F)CCC2)nn1)C(N)=O. The van der Waals surface area contributed by atoms with E-state index in [0.717, 1.165) is 31.0 Å². The zero-order chi connectivity index (χ0) is 20.1. The number of nitrogens with zero attached hydrogens (tertiary/aromatic N) is 3. The Kier molecular flexibility index (Phi) is 5.93. The lowest BCUT2D eigenvalue weighted by atomic mass is 9.66. The van der Waals surface area contributed by atoms with Crippen molar-refractivity contribution in [3.05, 3.63) is 65.4 Å². The van der Waals surface area contributed by atoms with E-state index in [1.165, 1.54) is 12.3 Å². The second-order valence-electron chi connectivity index (χ2n) is 6.55. The smallest absolute Gasteiger partial charge is 0.254 e. The lowest BCUT2D eigenvalue weighted by Crippen LogP contribution is -2.42. The normalized spacial score (nSPS) is 15.5. The fraction of sp³-hybridized carbons (Fsp3) is 0.263. The van der Waals surface area contributed by atoms with Gasteiger partial charge in [0, 0.05) is 24.4 Å². The second kappa shape index (κ2) is 8.39. The van der Waals surface area contributed by atoms with E-state index in [9.17, 15) is 9.18 Å². The van der Waals surface area contributed by atoms with E-state index in [0.29, 0.717) is 28.7 Å². The van der Waals surface area contributed by atoms with Crippen LogP contribution >= 0.6 is 11.8 Å². The first-order valence-corrected chi connectivity index (χ1v) is 9.54. The summed E-state index contributed by atoms with van der Waals surface area (Å²) in [5.74, 6) is -0.348. The number of hydrogen-bond acceptors (Lipinski definition) is 7. The molecule has 1 amide bonds. The number of aromatic nitrogens is 3. The van der Waals surface area contributed by atoms with Crippen LogP contribution in [-0.4, -0.2) is 27.6 Å². The molecule has 1 fully saturated rings. The highest BCUT2D eigenvalue weighted by Gasteiger charge is 2.41. The molecule has 0 unspecified atom stereocenters.